The summed E-state index contributed by atoms with van der Waals surface area (Å²) in [6.07, 6.45) is -1.13. The first-order chi connectivity index (χ1) is 11.0. The highest BCUT2D eigenvalue weighted by atomic mass is 32.2. The van der Waals surface area contributed by atoms with Crippen molar-refractivity contribution in [3.8, 4) is 5.75 Å². The predicted octanol–water partition coefficient (Wildman–Crippen LogP) is 1.58. The molecule has 132 valence electrons. The summed E-state index contributed by atoms with van der Waals surface area (Å²) in [5.74, 6) is -13.9. The minimum absolute atomic E-state index is 0.138. The minimum Gasteiger partial charge on any atom is -0.403 e. The van der Waals surface area contributed by atoms with E-state index in [0.29, 0.717) is 6.26 Å². The molecule has 1 aliphatic rings. The molecule has 2 rings (SSSR count). The maximum atomic E-state index is 13.4. The van der Waals surface area contributed by atoms with E-state index in [1.807, 2.05) is 0 Å². The van der Waals surface area contributed by atoms with Crippen LogP contribution < -0.4 is 4.74 Å². The van der Waals surface area contributed by atoms with Crippen LogP contribution in [0, 0.1) is 29.1 Å². The Kier molecular flexibility index (Phi) is 4.39. The molecule has 0 saturated carbocycles. The van der Waals surface area contributed by atoms with Crippen LogP contribution >= 0.6 is 0 Å². The molecule has 0 aliphatic carbocycles. The van der Waals surface area contributed by atoms with E-state index in [0.717, 1.165) is 0 Å². The number of nitrogens with zero attached hydrogens (tertiary/aromatic N) is 2. The second-order valence-electron chi connectivity index (χ2n) is 4.54. The van der Waals surface area contributed by atoms with E-state index in [4.69, 9.17) is 0 Å². The van der Waals surface area contributed by atoms with Crippen LogP contribution in [0.25, 0.3) is 0 Å². The van der Waals surface area contributed by atoms with E-state index < -0.39 is 70.1 Å². The lowest BCUT2D eigenvalue weighted by Crippen LogP contribution is -2.40. The predicted molar refractivity (Wildman–Crippen MR) is 65.9 cm³/mol. The first-order valence-electron chi connectivity index (χ1n) is 5.99. The van der Waals surface area contributed by atoms with Gasteiger partial charge in [0.1, 0.15) is 0 Å². The minimum atomic E-state index is -4.01. The largest absolute Gasteiger partial charge is 0.423 e. The molecule has 13 heteroatoms. The third kappa shape index (κ3) is 2.86. The number of ether oxygens (including phenoxy) is 1. The smallest absolute Gasteiger partial charge is 0.403 e. The van der Waals surface area contributed by atoms with Gasteiger partial charge < -0.3 is 4.74 Å². The van der Waals surface area contributed by atoms with Crippen LogP contribution in [0.4, 0.5) is 31.5 Å². The third-order valence-corrected chi connectivity index (χ3v) is 4.09. The number of rotatable bonds is 2. The number of carbonyl (C=O) groups excluding carboxylic acids is 2. The Morgan fingerprint density at radius 1 is 0.958 bits per heavy atom. The summed E-state index contributed by atoms with van der Waals surface area (Å²) >= 11 is 0. The van der Waals surface area contributed by atoms with Crippen molar-refractivity contribution in [3.63, 3.8) is 0 Å². The zero-order chi connectivity index (χ0) is 18.4. The van der Waals surface area contributed by atoms with Crippen molar-refractivity contribution >= 4 is 22.1 Å². The average Bonchev–Trinajstić information content (AvgIpc) is 2.89. The molecule has 1 aromatic rings. The van der Waals surface area contributed by atoms with Crippen molar-refractivity contribution in [2.75, 3.05) is 19.3 Å². The maximum Gasteiger partial charge on any atom is 0.423 e. The van der Waals surface area contributed by atoms with E-state index >= 15 is 0 Å². The standard InChI is InChI=1S/C11H7F5N2O5S/c1-24(21,22)18-3-2-17(10(18)19)11(20)23-9-7(15)5(13)4(12)6(14)8(9)16/h2-3H2,1H3. The summed E-state index contributed by atoms with van der Waals surface area (Å²) in [5, 5.41) is 0. The molecule has 1 heterocycles. The molecule has 3 amide bonds. The van der Waals surface area contributed by atoms with E-state index in [1.54, 1.807) is 0 Å². The summed E-state index contributed by atoms with van der Waals surface area (Å²) in [6, 6.07) is -1.38. The van der Waals surface area contributed by atoms with Gasteiger partial charge in [0.25, 0.3) is 0 Å². The molecular weight excluding hydrogens is 367 g/mol. The second kappa shape index (κ2) is 5.89. The Morgan fingerprint density at radius 2 is 1.42 bits per heavy atom. The van der Waals surface area contributed by atoms with Gasteiger partial charge in [-0.25, -0.2) is 40.4 Å². The summed E-state index contributed by atoms with van der Waals surface area (Å²) in [5.41, 5.74) is 0. The first-order valence-corrected chi connectivity index (χ1v) is 7.84. The Hall–Kier alpha value is -2.44. The van der Waals surface area contributed by atoms with Gasteiger partial charge in [-0.2, -0.15) is 8.78 Å². The molecule has 1 fully saturated rings. The highest BCUT2D eigenvalue weighted by molar-refractivity contribution is 7.88. The average molecular weight is 374 g/mol. The van der Waals surface area contributed by atoms with Gasteiger partial charge in [-0.1, -0.05) is 0 Å². The lowest BCUT2D eigenvalue weighted by molar-refractivity contribution is 0.157. The van der Waals surface area contributed by atoms with E-state index in [9.17, 15) is 40.0 Å². The summed E-state index contributed by atoms with van der Waals surface area (Å²) < 4.78 is 92.6. The van der Waals surface area contributed by atoms with E-state index in [2.05, 4.69) is 4.74 Å². The van der Waals surface area contributed by atoms with Gasteiger partial charge in [-0.15, -0.1) is 0 Å². The number of hydrogen-bond acceptors (Lipinski definition) is 5. The molecule has 0 N–H and O–H groups in total. The van der Waals surface area contributed by atoms with Crippen molar-refractivity contribution in [2.24, 2.45) is 0 Å². The third-order valence-electron chi connectivity index (χ3n) is 2.95. The second-order valence-corrected chi connectivity index (χ2v) is 6.44. The molecule has 0 bridgehead atoms. The number of carbonyl (C=O) groups is 2. The molecule has 0 atom stereocenters. The van der Waals surface area contributed by atoms with Gasteiger partial charge in [0.15, 0.2) is 0 Å². The van der Waals surface area contributed by atoms with Crippen LogP contribution in [-0.4, -0.2) is 49.1 Å². The van der Waals surface area contributed by atoms with Gasteiger partial charge >= 0.3 is 12.1 Å². The van der Waals surface area contributed by atoms with Crippen molar-refractivity contribution in [1.29, 1.82) is 0 Å². The topological polar surface area (TPSA) is 84.0 Å². The van der Waals surface area contributed by atoms with Crippen LogP contribution in [0.3, 0.4) is 0 Å². The normalized spacial score (nSPS) is 15.2. The maximum absolute atomic E-state index is 13.4. The van der Waals surface area contributed by atoms with Crippen molar-refractivity contribution < 1.29 is 44.7 Å². The lowest BCUT2D eigenvalue weighted by atomic mass is 10.2. The lowest BCUT2D eigenvalue weighted by Gasteiger charge is -2.16. The molecule has 24 heavy (non-hydrogen) atoms. The number of hydrogen-bond donors (Lipinski definition) is 0. The molecule has 7 nitrogen and oxygen atoms in total. The Labute approximate surface area is 131 Å². The number of sulfonamides is 1. The Balaban J connectivity index is 2.31. The van der Waals surface area contributed by atoms with Crippen molar-refractivity contribution in [3.05, 3.63) is 29.1 Å². The van der Waals surface area contributed by atoms with Gasteiger partial charge in [-0.3, -0.25) is 0 Å². The van der Waals surface area contributed by atoms with Gasteiger partial charge in [0, 0.05) is 0 Å². The molecule has 0 aromatic heterocycles. The Morgan fingerprint density at radius 3 is 1.83 bits per heavy atom. The number of imide groups is 1. The molecular formula is C11H7F5N2O5S. The molecule has 1 aliphatic heterocycles. The fourth-order valence-electron chi connectivity index (χ4n) is 1.81. The van der Waals surface area contributed by atoms with E-state index in [1.165, 1.54) is 0 Å². The molecule has 0 radical (unpaired) electrons. The van der Waals surface area contributed by atoms with Crippen LogP contribution in [-0.2, 0) is 10.0 Å². The number of urea groups is 1. The molecule has 0 unspecified atom stereocenters. The fourth-order valence-corrected chi connectivity index (χ4v) is 2.61. The highest BCUT2D eigenvalue weighted by Gasteiger charge is 2.40. The van der Waals surface area contributed by atoms with Gasteiger partial charge in [-0.05, 0) is 0 Å². The molecule has 0 spiro atoms. The van der Waals surface area contributed by atoms with Crippen molar-refractivity contribution in [2.45, 2.75) is 0 Å². The highest BCUT2D eigenvalue weighted by Crippen LogP contribution is 2.30. The zero-order valence-electron chi connectivity index (χ0n) is 11.6. The zero-order valence-corrected chi connectivity index (χ0v) is 12.5. The van der Waals surface area contributed by atoms with Crippen LogP contribution in [0.5, 0.6) is 5.75 Å². The summed E-state index contributed by atoms with van der Waals surface area (Å²) in [7, 11) is -4.01. The van der Waals surface area contributed by atoms with Crippen LogP contribution in [0.1, 0.15) is 0 Å². The summed E-state index contributed by atoms with van der Waals surface area (Å²) in [4.78, 5) is 23.6. The monoisotopic (exact) mass is 374 g/mol. The number of benzene rings is 1. The van der Waals surface area contributed by atoms with E-state index in [-0.39, 0.29) is 9.21 Å². The van der Waals surface area contributed by atoms with Crippen LogP contribution in [0.2, 0.25) is 0 Å². The Bertz CT molecular complexity index is 815. The number of amides is 3. The molecule has 1 saturated heterocycles. The van der Waals surface area contributed by atoms with Gasteiger partial charge in [0.05, 0.1) is 19.3 Å². The van der Waals surface area contributed by atoms with Crippen molar-refractivity contribution in [1.82, 2.24) is 9.21 Å². The van der Waals surface area contributed by atoms with Gasteiger partial charge in [0.2, 0.25) is 44.9 Å². The fraction of sp³-hybridized carbons (Fsp3) is 0.273. The SMILES string of the molecule is CS(=O)(=O)N1CCN(C(=O)Oc2c(F)c(F)c(F)c(F)c2F)C1=O. The van der Waals surface area contributed by atoms with Crippen LogP contribution in [0.15, 0.2) is 0 Å². The quantitative estimate of drug-likeness (QED) is 0.446. The molecule has 1 aromatic carbocycles. The number of halogens is 5. The first kappa shape index (κ1) is 17.9. The summed E-state index contributed by atoms with van der Waals surface area (Å²) in [6.45, 7) is -0.982.